The van der Waals surface area contributed by atoms with Gasteiger partial charge in [0.05, 0.1) is 19.0 Å². The summed E-state index contributed by atoms with van der Waals surface area (Å²) >= 11 is 0. The molecule has 1 amide bonds. The van der Waals surface area contributed by atoms with Gasteiger partial charge in [-0.2, -0.15) is 0 Å². The fourth-order valence-corrected chi connectivity index (χ4v) is 1.76. The number of nitrogen functional groups attached to an aromatic ring is 1. The summed E-state index contributed by atoms with van der Waals surface area (Å²) < 4.78 is 16.0. The summed E-state index contributed by atoms with van der Waals surface area (Å²) in [5, 5.41) is 0. The molecule has 0 unspecified atom stereocenters. The number of ether oxygens (including phenoxy) is 2. The molecule has 6 nitrogen and oxygen atoms in total. The van der Waals surface area contributed by atoms with Crippen molar-refractivity contribution in [3.63, 3.8) is 0 Å². The van der Waals surface area contributed by atoms with Crippen LogP contribution in [0.3, 0.4) is 0 Å². The Kier molecular flexibility index (Phi) is 4.13. The van der Waals surface area contributed by atoms with Crippen molar-refractivity contribution in [3.05, 3.63) is 23.7 Å². The summed E-state index contributed by atoms with van der Waals surface area (Å²) in [6.45, 7) is 1.81. The van der Waals surface area contributed by atoms with Crippen LogP contribution in [0.1, 0.15) is 29.0 Å². The van der Waals surface area contributed by atoms with E-state index in [1.807, 2.05) is 5.43 Å². The molecule has 1 aromatic rings. The number of nitrogens with two attached hydrogens (primary N) is 1. The largest absolute Gasteiger partial charge is 0.459 e. The van der Waals surface area contributed by atoms with E-state index in [0.29, 0.717) is 12.2 Å². The molecule has 0 atom stereocenters. The molecule has 1 fully saturated rings. The Morgan fingerprint density at radius 3 is 3.00 bits per heavy atom. The predicted molar refractivity (Wildman–Crippen MR) is 59.0 cm³/mol. The van der Waals surface area contributed by atoms with E-state index in [9.17, 15) is 4.79 Å². The SMILES string of the molecule is NNC(=O)c1occc1COC1CCOCC1. The Balaban J connectivity index is 1.89. The maximum Gasteiger partial charge on any atom is 0.301 e. The lowest BCUT2D eigenvalue weighted by Gasteiger charge is -2.22. The number of hydrogen-bond donors (Lipinski definition) is 2. The first-order valence-corrected chi connectivity index (χ1v) is 5.58. The van der Waals surface area contributed by atoms with Crippen LogP contribution in [0.5, 0.6) is 0 Å². The van der Waals surface area contributed by atoms with E-state index in [1.165, 1.54) is 6.26 Å². The van der Waals surface area contributed by atoms with Crippen LogP contribution >= 0.6 is 0 Å². The molecule has 2 rings (SSSR count). The van der Waals surface area contributed by atoms with Gasteiger partial charge in [0.2, 0.25) is 0 Å². The number of furan rings is 1. The van der Waals surface area contributed by atoms with Gasteiger partial charge in [0, 0.05) is 18.8 Å². The number of rotatable bonds is 4. The second-order valence-corrected chi connectivity index (χ2v) is 3.87. The molecule has 0 aromatic carbocycles. The average molecular weight is 240 g/mol. The number of nitrogens with one attached hydrogen (secondary N) is 1. The predicted octanol–water partition coefficient (Wildman–Crippen LogP) is 0.579. The Bertz CT molecular complexity index is 371. The van der Waals surface area contributed by atoms with Gasteiger partial charge in [0.15, 0.2) is 5.76 Å². The molecule has 2 heterocycles. The molecule has 0 radical (unpaired) electrons. The zero-order chi connectivity index (χ0) is 12.1. The van der Waals surface area contributed by atoms with Gasteiger partial charge in [-0.15, -0.1) is 0 Å². The van der Waals surface area contributed by atoms with Gasteiger partial charge in [0.25, 0.3) is 0 Å². The third-order valence-corrected chi connectivity index (χ3v) is 2.73. The first-order valence-electron chi connectivity index (χ1n) is 5.58. The highest BCUT2D eigenvalue weighted by atomic mass is 16.5. The molecule has 1 aliphatic heterocycles. The van der Waals surface area contributed by atoms with Gasteiger partial charge in [-0.1, -0.05) is 0 Å². The minimum atomic E-state index is -0.444. The standard InChI is InChI=1S/C11H16N2O4/c12-13-11(14)10-8(1-6-16-10)7-17-9-2-4-15-5-3-9/h1,6,9H,2-5,7,12H2,(H,13,14). The van der Waals surface area contributed by atoms with E-state index >= 15 is 0 Å². The molecule has 0 bridgehead atoms. The molecule has 6 heteroatoms. The highest BCUT2D eigenvalue weighted by Crippen LogP contribution is 2.16. The first kappa shape index (κ1) is 12.1. The lowest BCUT2D eigenvalue weighted by atomic mass is 10.1. The maximum atomic E-state index is 11.3. The van der Waals surface area contributed by atoms with Crippen molar-refractivity contribution in [2.24, 2.45) is 5.84 Å². The molecular weight excluding hydrogens is 224 g/mol. The van der Waals surface area contributed by atoms with Crippen LogP contribution in [0.2, 0.25) is 0 Å². The van der Waals surface area contributed by atoms with Gasteiger partial charge >= 0.3 is 5.91 Å². The summed E-state index contributed by atoms with van der Waals surface area (Å²) in [6.07, 6.45) is 3.41. The average Bonchev–Trinajstić information content (AvgIpc) is 2.85. The van der Waals surface area contributed by atoms with E-state index in [2.05, 4.69) is 0 Å². The van der Waals surface area contributed by atoms with Gasteiger partial charge in [-0.05, 0) is 18.9 Å². The zero-order valence-electron chi connectivity index (χ0n) is 9.48. The van der Waals surface area contributed by atoms with Crippen LogP contribution in [0, 0.1) is 0 Å². The van der Waals surface area contributed by atoms with Gasteiger partial charge in [-0.3, -0.25) is 10.2 Å². The van der Waals surface area contributed by atoms with Gasteiger partial charge in [-0.25, -0.2) is 5.84 Å². The lowest BCUT2D eigenvalue weighted by Crippen LogP contribution is -2.30. The van der Waals surface area contributed by atoms with E-state index in [0.717, 1.165) is 26.1 Å². The molecule has 0 saturated carbocycles. The van der Waals surface area contributed by atoms with Crippen molar-refractivity contribution in [2.75, 3.05) is 13.2 Å². The van der Waals surface area contributed by atoms with E-state index in [1.54, 1.807) is 6.07 Å². The van der Waals surface area contributed by atoms with Crippen LogP contribution in [0.25, 0.3) is 0 Å². The molecule has 0 spiro atoms. The van der Waals surface area contributed by atoms with Crippen molar-refractivity contribution in [2.45, 2.75) is 25.6 Å². The molecule has 1 saturated heterocycles. The fourth-order valence-electron chi connectivity index (χ4n) is 1.76. The number of carbonyl (C=O) groups excluding carboxylic acids is 1. The summed E-state index contributed by atoms with van der Waals surface area (Å²) in [4.78, 5) is 11.3. The summed E-state index contributed by atoms with van der Waals surface area (Å²) in [5.41, 5.74) is 2.75. The molecule has 1 aromatic heterocycles. The molecular formula is C11H16N2O4. The van der Waals surface area contributed by atoms with Crippen molar-refractivity contribution in [3.8, 4) is 0 Å². The minimum Gasteiger partial charge on any atom is -0.459 e. The summed E-state index contributed by atoms with van der Waals surface area (Å²) in [7, 11) is 0. The Morgan fingerprint density at radius 1 is 1.53 bits per heavy atom. The quantitative estimate of drug-likeness (QED) is 0.456. The molecule has 1 aliphatic rings. The lowest BCUT2D eigenvalue weighted by molar-refractivity contribution is -0.0393. The second-order valence-electron chi connectivity index (χ2n) is 3.87. The second kappa shape index (κ2) is 5.81. The number of hydrogen-bond acceptors (Lipinski definition) is 5. The maximum absolute atomic E-state index is 11.3. The highest BCUT2D eigenvalue weighted by molar-refractivity contribution is 5.92. The molecule has 17 heavy (non-hydrogen) atoms. The molecule has 94 valence electrons. The van der Waals surface area contributed by atoms with Crippen LogP contribution in [0.15, 0.2) is 16.7 Å². The minimum absolute atomic E-state index is 0.187. The van der Waals surface area contributed by atoms with Crippen molar-refractivity contribution in [1.29, 1.82) is 0 Å². The number of carbonyl (C=O) groups is 1. The first-order chi connectivity index (χ1) is 8.31. The van der Waals surface area contributed by atoms with Crippen LogP contribution < -0.4 is 11.3 Å². The van der Waals surface area contributed by atoms with Gasteiger partial charge in [0.1, 0.15) is 0 Å². The number of hydrazine groups is 1. The smallest absolute Gasteiger partial charge is 0.301 e. The third kappa shape index (κ3) is 3.06. The van der Waals surface area contributed by atoms with Crippen molar-refractivity contribution in [1.82, 2.24) is 5.43 Å². The summed E-state index contributed by atoms with van der Waals surface area (Å²) in [5.74, 6) is 4.82. The Morgan fingerprint density at radius 2 is 2.29 bits per heavy atom. The number of amides is 1. The van der Waals surface area contributed by atoms with E-state index in [-0.39, 0.29) is 11.9 Å². The van der Waals surface area contributed by atoms with Crippen LogP contribution in [-0.2, 0) is 16.1 Å². The van der Waals surface area contributed by atoms with Gasteiger partial charge < -0.3 is 13.9 Å². The fraction of sp³-hybridized carbons (Fsp3) is 0.545. The summed E-state index contributed by atoms with van der Waals surface area (Å²) in [6, 6.07) is 1.71. The Labute approximate surface area is 99.0 Å². The monoisotopic (exact) mass is 240 g/mol. The van der Waals surface area contributed by atoms with Crippen LogP contribution in [0.4, 0.5) is 0 Å². The zero-order valence-corrected chi connectivity index (χ0v) is 9.48. The third-order valence-electron chi connectivity index (χ3n) is 2.73. The topological polar surface area (TPSA) is 86.7 Å². The van der Waals surface area contributed by atoms with Crippen molar-refractivity contribution < 1.29 is 18.7 Å². The highest BCUT2D eigenvalue weighted by Gasteiger charge is 2.18. The van der Waals surface area contributed by atoms with E-state index in [4.69, 9.17) is 19.7 Å². The normalized spacial score (nSPS) is 17.0. The molecule has 3 N–H and O–H groups in total. The Hall–Kier alpha value is -1.37. The molecule has 0 aliphatic carbocycles. The van der Waals surface area contributed by atoms with Crippen molar-refractivity contribution >= 4 is 5.91 Å². The van der Waals surface area contributed by atoms with Crippen LogP contribution in [-0.4, -0.2) is 25.2 Å². The van der Waals surface area contributed by atoms with E-state index < -0.39 is 5.91 Å².